The van der Waals surface area contributed by atoms with Gasteiger partial charge < -0.3 is 14.9 Å². The monoisotopic (exact) mass is 304 g/mol. The van der Waals surface area contributed by atoms with Crippen LogP contribution in [0, 0.1) is 0 Å². The Hall–Kier alpha value is -2.05. The largest absolute Gasteiger partial charge is 0.454 e. The Morgan fingerprint density at radius 2 is 2.10 bits per heavy atom. The first-order chi connectivity index (χ1) is 10.3. The fraction of sp³-hybridized carbons (Fsp3) is 0.286. The summed E-state index contributed by atoms with van der Waals surface area (Å²) in [7, 11) is 0. The summed E-state index contributed by atoms with van der Waals surface area (Å²) >= 11 is 6.21. The predicted octanol–water partition coefficient (Wildman–Crippen LogP) is 2.30. The number of ether oxygens (including phenoxy) is 2. The summed E-state index contributed by atoms with van der Waals surface area (Å²) in [6, 6.07) is 3.62. The molecule has 6 nitrogen and oxygen atoms in total. The molecule has 0 saturated carbocycles. The Labute approximate surface area is 126 Å². The number of hydrazine groups is 1. The van der Waals surface area contributed by atoms with Crippen molar-refractivity contribution in [1.29, 1.82) is 0 Å². The second-order valence-corrected chi connectivity index (χ2v) is 5.42. The first kappa shape index (κ1) is 12.7. The van der Waals surface area contributed by atoms with Gasteiger partial charge in [-0.25, -0.2) is 15.8 Å². The Morgan fingerprint density at radius 1 is 1.19 bits per heavy atom. The lowest BCUT2D eigenvalue weighted by Crippen LogP contribution is -2.12. The predicted molar refractivity (Wildman–Crippen MR) is 78.4 cm³/mol. The molecule has 0 fully saturated rings. The summed E-state index contributed by atoms with van der Waals surface area (Å²) in [5.41, 5.74) is 5.60. The van der Waals surface area contributed by atoms with Crippen LogP contribution in [0.1, 0.15) is 17.7 Å². The van der Waals surface area contributed by atoms with Crippen LogP contribution in [0.3, 0.4) is 0 Å². The number of aryl methyl sites for hydroxylation is 1. The quantitative estimate of drug-likeness (QED) is 0.654. The highest BCUT2D eigenvalue weighted by Gasteiger charge is 2.23. The van der Waals surface area contributed by atoms with Crippen molar-refractivity contribution in [1.82, 2.24) is 9.97 Å². The fourth-order valence-electron chi connectivity index (χ4n) is 2.78. The third kappa shape index (κ3) is 1.99. The molecule has 3 N–H and O–H groups in total. The Balaban J connectivity index is 1.86. The molecule has 21 heavy (non-hydrogen) atoms. The maximum Gasteiger partial charge on any atom is 0.231 e. The molecule has 0 unspecified atom stereocenters. The molecule has 0 bridgehead atoms. The van der Waals surface area contributed by atoms with Crippen molar-refractivity contribution in [2.45, 2.75) is 19.3 Å². The molecule has 1 aliphatic carbocycles. The van der Waals surface area contributed by atoms with Crippen LogP contribution in [0.15, 0.2) is 12.1 Å². The highest BCUT2D eigenvalue weighted by molar-refractivity contribution is 6.32. The molecule has 7 heteroatoms. The summed E-state index contributed by atoms with van der Waals surface area (Å²) in [6.07, 6.45) is 2.97. The van der Waals surface area contributed by atoms with Gasteiger partial charge in [0.05, 0.1) is 5.02 Å². The number of hydrogen-bond acceptors (Lipinski definition) is 6. The average molecular weight is 305 g/mol. The van der Waals surface area contributed by atoms with Crippen molar-refractivity contribution in [2.75, 3.05) is 12.2 Å². The summed E-state index contributed by atoms with van der Waals surface area (Å²) in [6.45, 7) is 0.180. The summed E-state index contributed by atoms with van der Waals surface area (Å²) < 4.78 is 10.7. The van der Waals surface area contributed by atoms with Crippen molar-refractivity contribution in [3.8, 4) is 22.9 Å². The molecule has 1 aliphatic heterocycles. The van der Waals surface area contributed by atoms with E-state index >= 15 is 0 Å². The van der Waals surface area contributed by atoms with E-state index in [0.29, 0.717) is 28.2 Å². The van der Waals surface area contributed by atoms with Crippen LogP contribution in [0.4, 0.5) is 5.82 Å². The van der Waals surface area contributed by atoms with Gasteiger partial charge in [0.15, 0.2) is 17.3 Å². The van der Waals surface area contributed by atoms with E-state index in [-0.39, 0.29) is 6.79 Å². The number of nitrogen functional groups attached to an aromatic ring is 1. The van der Waals surface area contributed by atoms with E-state index in [4.69, 9.17) is 26.9 Å². The smallest absolute Gasteiger partial charge is 0.231 e. The molecule has 0 saturated heterocycles. The zero-order chi connectivity index (χ0) is 14.4. The lowest BCUT2D eigenvalue weighted by molar-refractivity contribution is 0.174. The van der Waals surface area contributed by atoms with E-state index < -0.39 is 0 Å². The highest BCUT2D eigenvalue weighted by Crippen LogP contribution is 2.42. The van der Waals surface area contributed by atoms with Gasteiger partial charge in [-0.3, -0.25) is 0 Å². The van der Waals surface area contributed by atoms with Gasteiger partial charge in [0.2, 0.25) is 6.79 Å². The zero-order valence-corrected chi connectivity index (χ0v) is 11.9. The minimum Gasteiger partial charge on any atom is -0.454 e. The number of nitrogens with zero attached hydrogens (tertiary/aromatic N) is 2. The van der Waals surface area contributed by atoms with Crippen LogP contribution in [-0.2, 0) is 12.8 Å². The van der Waals surface area contributed by atoms with Gasteiger partial charge in [0.25, 0.3) is 0 Å². The first-order valence-corrected chi connectivity index (χ1v) is 7.10. The van der Waals surface area contributed by atoms with E-state index in [9.17, 15) is 0 Å². The summed E-state index contributed by atoms with van der Waals surface area (Å²) in [5.74, 6) is 8.03. The third-order valence-corrected chi connectivity index (χ3v) is 4.04. The third-order valence-electron chi connectivity index (χ3n) is 3.76. The zero-order valence-electron chi connectivity index (χ0n) is 11.1. The van der Waals surface area contributed by atoms with Crippen LogP contribution in [0.25, 0.3) is 11.4 Å². The molecule has 2 aliphatic rings. The summed E-state index contributed by atoms with van der Waals surface area (Å²) in [5, 5.41) is 0.492. The fourth-order valence-corrected chi connectivity index (χ4v) is 3.04. The Bertz CT molecular complexity index is 735. The number of halogens is 1. The number of aromatic nitrogens is 2. The molecule has 1 aromatic heterocycles. The van der Waals surface area contributed by atoms with Gasteiger partial charge in [0.1, 0.15) is 5.82 Å². The normalized spacial score (nSPS) is 15.1. The maximum absolute atomic E-state index is 6.21. The molecular formula is C14H13ClN4O2. The van der Waals surface area contributed by atoms with Gasteiger partial charge in [-0.1, -0.05) is 11.6 Å². The SMILES string of the molecule is NNc1nc(-c2cc(Cl)c3c(c2)OCO3)nc2c1CCC2. The van der Waals surface area contributed by atoms with E-state index in [0.717, 1.165) is 36.1 Å². The standard InChI is InChI=1S/C14H13ClN4O2/c15-9-4-7(5-11-12(9)21-6-20-11)13-17-10-3-1-2-8(10)14(18-13)19-16/h4-5H,1-3,6,16H2,(H,17,18,19). The van der Waals surface area contributed by atoms with Gasteiger partial charge in [-0.15, -0.1) is 0 Å². The van der Waals surface area contributed by atoms with Crippen molar-refractivity contribution >= 4 is 17.4 Å². The number of hydrogen-bond donors (Lipinski definition) is 2. The van der Waals surface area contributed by atoms with Crippen LogP contribution < -0.4 is 20.7 Å². The van der Waals surface area contributed by atoms with Crippen LogP contribution in [-0.4, -0.2) is 16.8 Å². The molecule has 108 valence electrons. The molecule has 1 aromatic carbocycles. The molecular weight excluding hydrogens is 292 g/mol. The van der Waals surface area contributed by atoms with E-state index in [2.05, 4.69) is 15.4 Å². The van der Waals surface area contributed by atoms with Crippen LogP contribution in [0.2, 0.25) is 5.02 Å². The minimum absolute atomic E-state index is 0.180. The van der Waals surface area contributed by atoms with Gasteiger partial charge in [0, 0.05) is 16.8 Å². The number of nitrogens with two attached hydrogens (primary N) is 1. The number of nitrogens with one attached hydrogen (secondary N) is 1. The lowest BCUT2D eigenvalue weighted by atomic mass is 10.1. The van der Waals surface area contributed by atoms with E-state index in [1.807, 2.05) is 6.07 Å². The molecule has 0 atom stereocenters. The Kier molecular flexibility index (Phi) is 2.87. The molecule has 4 rings (SSSR count). The summed E-state index contributed by atoms with van der Waals surface area (Å²) in [4.78, 5) is 9.13. The molecule has 0 spiro atoms. The van der Waals surface area contributed by atoms with Crippen molar-refractivity contribution < 1.29 is 9.47 Å². The van der Waals surface area contributed by atoms with Gasteiger partial charge in [-0.2, -0.15) is 0 Å². The van der Waals surface area contributed by atoms with Crippen molar-refractivity contribution in [3.05, 3.63) is 28.4 Å². The van der Waals surface area contributed by atoms with Gasteiger partial charge >= 0.3 is 0 Å². The van der Waals surface area contributed by atoms with E-state index in [1.165, 1.54) is 0 Å². The second kappa shape index (κ2) is 4.75. The van der Waals surface area contributed by atoms with Crippen molar-refractivity contribution in [3.63, 3.8) is 0 Å². The topological polar surface area (TPSA) is 82.3 Å². The number of rotatable bonds is 2. The molecule has 0 radical (unpaired) electrons. The number of fused-ring (bicyclic) bond motifs is 2. The van der Waals surface area contributed by atoms with Crippen LogP contribution >= 0.6 is 11.6 Å². The second-order valence-electron chi connectivity index (χ2n) is 5.01. The lowest BCUT2D eigenvalue weighted by Gasteiger charge is -2.10. The molecule has 2 aromatic rings. The highest BCUT2D eigenvalue weighted by atomic mass is 35.5. The van der Waals surface area contributed by atoms with Gasteiger partial charge in [-0.05, 0) is 31.4 Å². The first-order valence-electron chi connectivity index (χ1n) is 6.72. The molecule has 0 amide bonds. The number of benzene rings is 1. The number of anilines is 1. The van der Waals surface area contributed by atoms with Crippen molar-refractivity contribution in [2.24, 2.45) is 5.84 Å². The maximum atomic E-state index is 6.21. The van der Waals surface area contributed by atoms with E-state index in [1.54, 1.807) is 6.07 Å². The Morgan fingerprint density at radius 3 is 2.95 bits per heavy atom. The average Bonchev–Trinajstić information content (AvgIpc) is 3.14. The van der Waals surface area contributed by atoms with Crippen LogP contribution in [0.5, 0.6) is 11.5 Å². The minimum atomic E-state index is 0.180. The molecule has 2 heterocycles.